The van der Waals surface area contributed by atoms with Crippen LogP contribution in [0.15, 0.2) is 18.2 Å². The number of hydrogen-bond acceptors (Lipinski definition) is 2. The monoisotopic (exact) mass is 261 g/mol. The van der Waals surface area contributed by atoms with Crippen LogP contribution >= 0.6 is 23.2 Å². The molecule has 1 aromatic rings. The summed E-state index contributed by atoms with van der Waals surface area (Å²) < 4.78 is 4.69. The maximum absolute atomic E-state index is 11.1. The number of methoxy groups -OCH3 is 1. The van der Waals surface area contributed by atoms with Gasteiger partial charge in [-0.15, -0.1) is 0 Å². The third kappa shape index (κ3) is 4.84. The zero-order valence-corrected chi connectivity index (χ0v) is 10.4. The maximum Gasteiger partial charge on any atom is 0.245 e. The Morgan fingerprint density at radius 3 is 2.50 bits per heavy atom. The van der Waals surface area contributed by atoms with Crippen LogP contribution in [0.3, 0.4) is 0 Å². The lowest BCUT2D eigenvalue weighted by molar-refractivity contribution is -0.124. The molecule has 0 spiro atoms. The van der Waals surface area contributed by atoms with E-state index in [1.807, 2.05) is 12.1 Å². The lowest BCUT2D eigenvalue weighted by Crippen LogP contribution is -2.28. The first-order valence-electron chi connectivity index (χ1n) is 4.82. The van der Waals surface area contributed by atoms with Gasteiger partial charge in [0.25, 0.3) is 0 Å². The van der Waals surface area contributed by atoms with Crippen LogP contribution in [0.5, 0.6) is 0 Å². The SMILES string of the molecule is COCC(=O)NCCc1cc(Cl)cc(Cl)c1. The van der Waals surface area contributed by atoms with Crippen molar-refractivity contribution in [3.63, 3.8) is 0 Å². The third-order valence-electron chi connectivity index (χ3n) is 1.93. The molecule has 1 aromatic carbocycles. The summed E-state index contributed by atoms with van der Waals surface area (Å²) in [7, 11) is 1.48. The molecule has 0 atom stereocenters. The summed E-state index contributed by atoms with van der Waals surface area (Å²) in [5.74, 6) is -0.129. The van der Waals surface area contributed by atoms with Gasteiger partial charge < -0.3 is 10.1 Å². The maximum atomic E-state index is 11.1. The van der Waals surface area contributed by atoms with Crippen LogP contribution in [0.25, 0.3) is 0 Å². The first kappa shape index (κ1) is 13.3. The van der Waals surface area contributed by atoms with Crippen LogP contribution in [-0.2, 0) is 16.0 Å². The van der Waals surface area contributed by atoms with Gasteiger partial charge in [-0.1, -0.05) is 23.2 Å². The summed E-state index contributed by atoms with van der Waals surface area (Å²) in [6.07, 6.45) is 0.690. The van der Waals surface area contributed by atoms with E-state index < -0.39 is 0 Å². The molecular weight excluding hydrogens is 249 g/mol. The highest BCUT2D eigenvalue weighted by atomic mass is 35.5. The summed E-state index contributed by atoms with van der Waals surface area (Å²) in [5, 5.41) is 3.93. The van der Waals surface area contributed by atoms with Gasteiger partial charge >= 0.3 is 0 Å². The number of benzene rings is 1. The molecular formula is C11H13Cl2NO2. The molecule has 5 heteroatoms. The lowest BCUT2D eigenvalue weighted by Gasteiger charge is -2.05. The van der Waals surface area contributed by atoms with Crippen LogP contribution < -0.4 is 5.32 Å². The summed E-state index contributed by atoms with van der Waals surface area (Å²) in [6, 6.07) is 5.34. The molecule has 0 unspecified atom stereocenters. The largest absolute Gasteiger partial charge is 0.375 e. The summed E-state index contributed by atoms with van der Waals surface area (Å²) in [4.78, 5) is 11.1. The highest BCUT2D eigenvalue weighted by Gasteiger charge is 2.01. The molecule has 88 valence electrons. The second-order valence-corrected chi connectivity index (χ2v) is 4.18. The number of halogens is 2. The number of nitrogens with one attached hydrogen (secondary N) is 1. The fourth-order valence-electron chi connectivity index (χ4n) is 1.28. The van der Waals surface area contributed by atoms with Gasteiger partial charge in [0.1, 0.15) is 6.61 Å². The van der Waals surface area contributed by atoms with Crippen LogP contribution in [-0.4, -0.2) is 26.2 Å². The van der Waals surface area contributed by atoms with Gasteiger partial charge in [0.15, 0.2) is 0 Å². The number of ether oxygens (including phenoxy) is 1. The third-order valence-corrected chi connectivity index (χ3v) is 2.37. The summed E-state index contributed by atoms with van der Waals surface area (Å²) in [6.45, 7) is 0.620. The molecule has 0 radical (unpaired) electrons. The molecule has 16 heavy (non-hydrogen) atoms. The van der Waals surface area contributed by atoms with Crippen molar-refractivity contribution < 1.29 is 9.53 Å². The molecule has 3 nitrogen and oxygen atoms in total. The second kappa shape index (κ2) is 6.74. The Morgan fingerprint density at radius 2 is 1.94 bits per heavy atom. The van der Waals surface area contributed by atoms with Crippen molar-refractivity contribution in [2.45, 2.75) is 6.42 Å². The van der Waals surface area contributed by atoms with Crippen molar-refractivity contribution in [3.05, 3.63) is 33.8 Å². The molecule has 0 fully saturated rings. The van der Waals surface area contributed by atoms with E-state index in [1.54, 1.807) is 6.07 Å². The minimum atomic E-state index is -0.129. The molecule has 0 saturated carbocycles. The van der Waals surface area contributed by atoms with E-state index in [4.69, 9.17) is 27.9 Å². The highest BCUT2D eigenvalue weighted by Crippen LogP contribution is 2.19. The highest BCUT2D eigenvalue weighted by molar-refractivity contribution is 6.34. The number of hydrogen-bond donors (Lipinski definition) is 1. The van der Waals surface area contributed by atoms with Crippen molar-refractivity contribution in [1.29, 1.82) is 0 Å². The second-order valence-electron chi connectivity index (χ2n) is 3.31. The fraction of sp³-hybridized carbons (Fsp3) is 0.364. The molecule has 1 rings (SSSR count). The fourth-order valence-corrected chi connectivity index (χ4v) is 1.85. The predicted molar refractivity (Wildman–Crippen MR) is 65.1 cm³/mol. The van der Waals surface area contributed by atoms with Crippen molar-refractivity contribution >= 4 is 29.1 Å². The van der Waals surface area contributed by atoms with Crippen molar-refractivity contribution in [2.24, 2.45) is 0 Å². The Kier molecular flexibility index (Phi) is 5.60. The van der Waals surface area contributed by atoms with E-state index >= 15 is 0 Å². The first-order chi connectivity index (χ1) is 7.61. The lowest BCUT2D eigenvalue weighted by atomic mass is 10.1. The average molecular weight is 262 g/mol. The molecule has 0 aliphatic carbocycles. The normalized spacial score (nSPS) is 10.2. The minimum Gasteiger partial charge on any atom is -0.375 e. The molecule has 0 bridgehead atoms. The number of carbonyl (C=O) groups is 1. The van der Waals surface area contributed by atoms with Crippen molar-refractivity contribution in [1.82, 2.24) is 5.32 Å². The zero-order chi connectivity index (χ0) is 12.0. The van der Waals surface area contributed by atoms with E-state index in [0.29, 0.717) is 23.0 Å². The molecule has 0 aliphatic rings. The Labute approximate surface area is 105 Å². The smallest absolute Gasteiger partial charge is 0.245 e. The van der Waals surface area contributed by atoms with Gasteiger partial charge in [-0.25, -0.2) is 0 Å². The quantitative estimate of drug-likeness (QED) is 0.884. The standard InChI is InChI=1S/C11H13Cl2NO2/c1-16-7-11(15)14-3-2-8-4-9(12)6-10(13)5-8/h4-6H,2-3,7H2,1H3,(H,14,15). The average Bonchev–Trinajstić information content (AvgIpc) is 2.16. The first-order valence-corrected chi connectivity index (χ1v) is 5.58. The van der Waals surface area contributed by atoms with E-state index in [0.717, 1.165) is 5.56 Å². The zero-order valence-electron chi connectivity index (χ0n) is 8.93. The van der Waals surface area contributed by atoms with E-state index in [-0.39, 0.29) is 12.5 Å². The van der Waals surface area contributed by atoms with Crippen molar-refractivity contribution in [3.8, 4) is 0 Å². The number of rotatable bonds is 5. The van der Waals surface area contributed by atoms with Crippen LogP contribution in [0.4, 0.5) is 0 Å². The predicted octanol–water partition coefficient (Wildman–Crippen LogP) is 2.30. The molecule has 0 aliphatic heterocycles. The Hall–Kier alpha value is -0.770. The van der Waals surface area contributed by atoms with Gasteiger partial charge in [0, 0.05) is 23.7 Å². The van der Waals surface area contributed by atoms with E-state index in [1.165, 1.54) is 7.11 Å². The van der Waals surface area contributed by atoms with Gasteiger partial charge in [0.05, 0.1) is 0 Å². The Balaban J connectivity index is 2.40. The number of amides is 1. The topological polar surface area (TPSA) is 38.3 Å². The van der Waals surface area contributed by atoms with Gasteiger partial charge in [-0.3, -0.25) is 4.79 Å². The molecule has 0 saturated heterocycles. The van der Waals surface area contributed by atoms with Crippen LogP contribution in [0.2, 0.25) is 10.0 Å². The van der Waals surface area contributed by atoms with Gasteiger partial charge in [-0.05, 0) is 30.2 Å². The molecule has 0 aromatic heterocycles. The minimum absolute atomic E-state index is 0.0797. The molecule has 1 amide bonds. The number of carbonyl (C=O) groups excluding carboxylic acids is 1. The molecule has 0 heterocycles. The summed E-state index contributed by atoms with van der Waals surface area (Å²) >= 11 is 11.7. The van der Waals surface area contributed by atoms with Gasteiger partial charge in [-0.2, -0.15) is 0 Å². The van der Waals surface area contributed by atoms with Crippen molar-refractivity contribution in [2.75, 3.05) is 20.3 Å². The molecule has 1 N–H and O–H groups in total. The summed E-state index contributed by atoms with van der Waals surface area (Å²) in [5.41, 5.74) is 0.996. The van der Waals surface area contributed by atoms with Crippen LogP contribution in [0.1, 0.15) is 5.56 Å². The van der Waals surface area contributed by atoms with Gasteiger partial charge in [0.2, 0.25) is 5.91 Å². The van der Waals surface area contributed by atoms with Crippen LogP contribution in [0, 0.1) is 0 Å². The Bertz CT molecular complexity index is 349. The van der Waals surface area contributed by atoms with E-state index in [9.17, 15) is 4.79 Å². The van der Waals surface area contributed by atoms with E-state index in [2.05, 4.69) is 5.32 Å². The Morgan fingerprint density at radius 1 is 1.31 bits per heavy atom.